The lowest BCUT2D eigenvalue weighted by molar-refractivity contribution is -0.137. The van der Waals surface area contributed by atoms with Crippen LogP contribution in [0, 0.1) is 5.92 Å². The lowest BCUT2D eigenvalue weighted by Gasteiger charge is -2.45. The van der Waals surface area contributed by atoms with Gasteiger partial charge in [-0.3, -0.25) is 14.5 Å². The van der Waals surface area contributed by atoms with Crippen molar-refractivity contribution in [2.24, 2.45) is 5.92 Å². The molecule has 0 unspecified atom stereocenters. The van der Waals surface area contributed by atoms with Gasteiger partial charge in [0, 0.05) is 30.2 Å². The molecule has 4 atom stereocenters. The maximum Gasteiger partial charge on any atom is 0.416 e. The van der Waals surface area contributed by atoms with Crippen LogP contribution in [0.1, 0.15) is 62.4 Å². The van der Waals surface area contributed by atoms with Crippen molar-refractivity contribution in [1.82, 2.24) is 15.1 Å². The van der Waals surface area contributed by atoms with Gasteiger partial charge in [-0.15, -0.1) is 0 Å². The Morgan fingerprint density at radius 3 is 2.41 bits per heavy atom. The summed E-state index contributed by atoms with van der Waals surface area (Å²) in [4.78, 5) is 30.6. The smallest absolute Gasteiger partial charge is 0.340 e. The van der Waals surface area contributed by atoms with E-state index in [0.29, 0.717) is 25.8 Å². The lowest BCUT2D eigenvalue weighted by atomic mass is 9.80. The van der Waals surface area contributed by atoms with Gasteiger partial charge in [0.2, 0.25) is 5.91 Å². The van der Waals surface area contributed by atoms with Crippen LogP contribution in [0.4, 0.5) is 13.2 Å². The second-order valence-electron chi connectivity index (χ2n) is 11.2. The van der Waals surface area contributed by atoms with Gasteiger partial charge in [0.25, 0.3) is 5.91 Å². The topological polar surface area (TPSA) is 86.8 Å². The predicted molar refractivity (Wildman–Crippen MR) is 150 cm³/mol. The van der Waals surface area contributed by atoms with Crippen molar-refractivity contribution in [2.75, 3.05) is 18.8 Å². The number of nitrogens with zero attached hydrogens (tertiary/aromatic N) is 2. The molecule has 1 aliphatic heterocycles. The van der Waals surface area contributed by atoms with Crippen molar-refractivity contribution in [3.8, 4) is 0 Å². The molecule has 41 heavy (non-hydrogen) atoms. The van der Waals surface area contributed by atoms with Crippen LogP contribution in [0.2, 0.25) is 0 Å². The van der Waals surface area contributed by atoms with Gasteiger partial charge in [0.15, 0.2) is 9.84 Å². The summed E-state index contributed by atoms with van der Waals surface area (Å²) >= 11 is 0. The summed E-state index contributed by atoms with van der Waals surface area (Å²) in [6, 6.07) is 11.7. The van der Waals surface area contributed by atoms with Crippen molar-refractivity contribution < 1.29 is 31.2 Å². The van der Waals surface area contributed by atoms with E-state index in [0.717, 1.165) is 31.2 Å². The molecule has 224 valence electrons. The number of nitrogens with one attached hydrogen (secondary N) is 1. The van der Waals surface area contributed by atoms with Gasteiger partial charge in [-0.1, -0.05) is 31.2 Å². The molecule has 1 saturated carbocycles. The zero-order valence-electron chi connectivity index (χ0n) is 23.6. The Hall–Kier alpha value is -2.92. The fourth-order valence-electron chi connectivity index (χ4n) is 6.41. The van der Waals surface area contributed by atoms with Crippen LogP contribution in [0.5, 0.6) is 0 Å². The summed E-state index contributed by atoms with van der Waals surface area (Å²) in [6.45, 7) is 7.49. The van der Waals surface area contributed by atoms with Crippen LogP contribution < -0.4 is 5.32 Å². The highest BCUT2D eigenvalue weighted by molar-refractivity contribution is 7.91. The Labute approximate surface area is 240 Å². The summed E-state index contributed by atoms with van der Waals surface area (Å²) in [6.07, 6.45) is -2.23. The molecule has 1 aliphatic carbocycles. The standard InChI is InChI=1S/C30H38F3N3O4S/c1-4-35(20(2)3)24-13-14-27(22(18-24)19-41(39,40)25-11-6-5-7-12-25)36-16-15-26(29(36)38)34-28(37)21-9-8-10-23(17-21)30(31,32)33/h5-12,17,20,22,24,26-27H,4,13-16,18-19H2,1-3H3,(H,34,37)/t22-,24-,26-,27-/m0/s1. The maximum absolute atomic E-state index is 13.5. The monoisotopic (exact) mass is 593 g/mol. The third-order valence-corrected chi connectivity index (χ3v) is 10.2. The normalized spacial score (nSPS) is 23.8. The van der Waals surface area contributed by atoms with E-state index in [4.69, 9.17) is 0 Å². The van der Waals surface area contributed by atoms with E-state index in [1.54, 1.807) is 35.2 Å². The minimum atomic E-state index is -4.59. The number of hydrogen-bond donors (Lipinski definition) is 1. The number of carbonyl (C=O) groups is 2. The molecule has 0 radical (unpaired) electrons. The van der Waals surface area contributed by atoms with E-state index < -0.39 is 33.5 Å². The highest BCUT2D eigenvalue weighted by Gasteiger charge is 2.44. The van der Waals surface area contributed by atoms with Crippen LogP contribution in [-0.4, -0.2) is 73.0 Å². The zero-order valence-corrected chi connectivity index (χ0v) is 24.4. The number of alkyl halides is 3. The number of hydrogen-bond acceptors (Lipinski definition) is 5. The van der Waals surface area contributed by atoms with Crippen molar-refractivity contribution >= 4 is 21.7 Å². The number of halogens is 3. The van der Waals surface area contributed by atoms with Gasteiger partial charge in [-0.25, -0.2) is 8.42 Å². The fourth-order valence-corrected chi connectivity index (χ4v) is 8.09. The Bertz CT molecular complexity index is 1330. The number of likely N-dealkylation sites (tertiary alicyclic amines) is 1. The Morgan fingerprint density at radius 1 is 1.07 bits per heavy atom. The van der Waals surface area contributed by atoms with E-state index in [2.05, 4.69) is 31.0 Å². The molecule has 2 aromatic rings. The molecule has 1 N–H and O–H groups in total. The summed E-state index contributed by atoms with van der Waals surface area (Å²) in [5.41, 5.74) is -1.11. The van der Waals surface area contributed by atoms with Crippen molar-refractivity contribution in [3.63, 3.8) is 0 Å². The average Bonchev–Trinajstić information content (AvgIpc) is 3.28. The Morgan fingerprint density at radius 2 is 1.78 bits per heavy atom. The molecular weight excluding hydrogens is 555 g/mol. The molecule has 1 saturated heterocycles. The number of benzene rings is 2. The molecule has 0 aromatic heterocycles. The number of amides is 2. The summed E-state index contributed by atoms with van der Waals surface area (Å²) in [5, 5.41) is 2.61. The van der Waals surface area contributed by atoms with Crippen molar-refractivity contribution in [2.45, 2.75) is 81.7 Å². The first-order chi connectivity index (χ1) is 19.3. The van der Waals surface area contributed by atoms with E-state index in [9.17, 15) is 31.2 Å². The SMILES string of the molecule is CCN(C(C)C)[C@H]1CC[C@H](N2CC[C@H](NC(=O)c3cccc(C(F)(F)F)c3)C2=O)[C@H](CS(=O)(=O)c2ccccc2)C1. The Kier molecular flexibility index (Phi) is 9.48. The van der Waals surface area contributed by atoms with Gasteiger partial charge in [0.1, 0.15) is 6.04 Å². The first-order valence-corrected chi connectivity index (χ1v) is 15.8. The zero-order chi connectivity index (χ0) is 29.9. The highest BCUT2D eigenvalue weighted by Crippen LogP contribution is 2.36. The largest absolute Gasteiger partial charge is 0.416 e. The van der Waals surface area contributed by atoms with Gasteiger partial charge in [-0.05, 0) is 82.3 Å². The lowest BCUT2D eigenvalue weighted by Crippen LogP contribution is -2.53. The molecule has 11 heteroatoms. The number of rotatable bonds is 9. The van der Waals surface area contributed by atoms with Crippen LogP contribution in [0.15, 0.2) is 59.5 Å². The molecule has 2 aliphatic rings. The van der Waals surface area contributed by atoms with Crippen molar-refractivity contribution in [1.29, 1.82) is 0 Å². The van der Waals surface area contributed by atoms with Crippen LogP contribution in [0.3, 0.4) is 0 Å². The number of carbonyl (C=O) groups excluding carboxylic acids is 2. The second-order valence-corrected chi connectivity index (χ2v) is 13.3. The van der Waals surface area contributed by atoms with Gasteiger partial charge >= 0.3 is 6.18 Å². The van der Waals surface area contributed by atoms with E-state index in [1.807, 2.05) is 0 Å². The molecule has 7 nitrogen and oxygen atoms in total. The Balaban J connectivity index is 1.52. The molecule has 0 spiro atoms. The third kappa shape index (κ3) is 7.12. The second kappa shape index (κ2) is 12.5. The number of sulfone groups is 1. The molecule has 4 rings (SSSR count). The average molecular weight is 594 g/mol. The quantitative estimate of drug-likeness (QED) is 0.453. The predicted octanol–water partition coefficient (Wildman–Crippen LogP) is 4.78. The minimum Gasteiger partial charge on any atom is -0.340 e. The molecule has 2 amide bonds. The van der Waals surface area contributed by atoms with E-state index in [1.165, 1.54) is 6.07 Å². The summed E-state index contributed by atoms with van der Waals surface area (Å²) in [7, 11) is -3.62. The maximum atomic E-state index is 13.5. The van der Waals surface area contributed by atoms with Gasteiger partial charge in [-0.2, -0.15) is 13.2 Å². The first kappa shape index (κ1) is 31.0. The van der Waals surface area contributed by atoms with Gasteiger partial charge in [0.05, 0.1) is 16.2 Å². The van der Waals surface area contributed by atoms with E-state index in [-0.39, 0.29) is 46.2 Å². The van der Waals surface area contributed by atoms with Crippen LogP contribution in [-0.2, 0) is 20.8 Å². The summed E-state index contributed by atoms with van der Waals surface area (Å²) in [5.74, 6) is -1.49. The van der Waals surface area contributed by atoms with Crippen molar-refractivity contribution in [3.05, 3.63) is 65.7 Å². The summed E-state index contributed by atoms with van der Waals surface area (Å²) < 4.78 is 66.2. The van der Waals surface area contributed by atoms with Crippen LogP contribution in [0.25, 0.3) is 0 Å². The molecule has 2 aromatic carbocycles. The molecule has 2 fully saturated rings. The van der Waals surface area contributed by atoms with E-state index >= 15 is 0 Å². The molecular formula is C30H38F3N3O4S. The molecule has 1 heterocycles. The van der Waals surface area contributed by atoms with Gasteiger partial charge < -0.3 is 10.2 Å². The fraction of sp³-hybridized carbons (Fsp3) is 0.533. The highest BCUT2D eigenvalue weighted by atomic mass is 32.2. The first-order valence-electron chi connectivity index (χ1n) is 14.1. The van der Waals surface area contributed by atoms with Crippen LogP contribution >= 0.6 is 0 Å². The third-order valence-electron chi connectivity index (χ3n) is 8.35. The minimum absolute atomic E-state index is 0.0983. The molecule has 0 bridgehead atoms.